The topological polar surface area (TPSA) is 43.1 Å². The molecule has 2 N–H and O–H groups in total. The van der Waals surface area contributed by atoms with E-state index in [0.717, 1.165) is 35.0 Å². The molecular weight excluding hydrogens is 278 g/mol. The van der Waals surface area contributed by atoms with Crippen molar-refractivity contribution in [2.24, 2.45) is 23.5 Å². The van der Waals surface area contributed by atoms with E-state index in [0.29, 0.717) is 0 Å². The van der Waals surface area contributed by atoms with Crippen LogP contribution in [0.3, 0.4) is 0 Å². The summed E-state index contributed by atoms with van der Waals surface area (Å²) in [6, 6.07) is 4.17. The maximum Gasteiger partial charge on any atom is 0.307 e. The molecule has 4 rings (SSSR count). The van der Waals surface area contributed by atoms with Gasteiger partial charge in [0.25, 0.3) is 4.88 Å². The van der Waals surface area contributed by atoms with Gasteiger partial charge in [-0.15, -0.1) is 0 Å². The second-order valence-corrected chi connectivity index (χ2v) is 8.27. The molecule has 1 aromatic rings. The van der Waals surface area contributed by atoms with Crippen LogP contribution < -0.4 is 5.73 Å². The normalized spacial score (nSPS) is 34.5. The van der Waals surface area contributed by atoms with Crippen LogP contribution in [0, 0.1) is 17.8 Å². The minimum atomic E-state index is -0.277. The molecule has 3 heteroatoms. The molecule has 0 radical (unpaired) electrons. The lowest BCUT2D eigenvalue weighted by Gasteiger charge is -2.47. The van der Waals surface area contributed by atoms with Crippen molar-refractivity contribution in [1.29, 1.82) is 0 Å². The molecule has 1 aromatic heterocycles. The monoisotopic (exact) mass is 302 g/mol. The fraction of sp³-hybridized carbons (Fsp3) is 0.667. The fourth-order valence-corrected chi connectivity index (χ4v) is 6.37. The van der Waals surface area contributed by atoms with Crippen LogP contribution >= 0.6 is 11.3 Å². The van der Waals surface area contributed by atoms with Crippen LogP contribution in [0.15, 0.2) is 12.1 Å². The number of rotatable bonds is 1. The Morgan fingerprint density at radius 3 is 2.76 bits per heavy atom. The van der Waals surface area contributed by atoms with Crippen molar-refractivity contribution in [3.8, 4) is 0 Å². The number of aryl methyl sites for hydroxylation is 1. The number of primary amides is 1. The van der Waals surface area contributed by atoms with E-state index in [9.17, 15) is 4.79 Å². The van der Waals surface area contributed by atoms with Crippen LogP contribution in [-0.4, -0.2) is 5.91 Å². The summed E-state index contributed by atoms with van der Waals surface area (Å²) in [5, 5.41) is 0. The third kappa shape index (κ3) is 2.30. The number of nitrogens with two attached hydrogens (primary N) is 1. The van der Waals surface area contributed by atoms with Crippen LogP contribution in [0.1, 0.15) is 71.0 Å². The van der Waals surface area contributed by atoms with E-state index in [1.54, 1.807) is 16.9 Å². The van der Waals surface area contributed by atoms with Gasteiger partial charge in [0, 0.05) is 18.1 Å². The summed E-state index contributed by atoms with van der Waals surface area (Å²) in [7, 11) is 0. The smallest absolute Gasteiger partial charge is 0.307 e. The van der Waals surface area contributed by atoms with Gasteiger partial charge in [-0.05, 0) is 55.4 Å². The lowest BCUT2D eigenvalue weighted by atomic mass is 9.57. The van der Waals surface area contributed by atoms with E-state index < -0.39 is 0 Å². The molecule has 2 saturated carbocycles. The second kappa shape index (κ2) is 5.35. The first-order chi connectivity index (χ1) is 10.2. The van der Waals surface area contributed by atoms with Gasteiger partial charge in [-0.25, -0.2) is 0 Å². The van der Waals surface area contributed by atoms with Crippen LogP contribution in [0.4, 0.5) is 0 Å². The standard InChI is InChI=1S/C18H23NOS/c19-18(20)17-10-8-15-14-6-5-11-3-1-2-4-12(11)13(14)7-9-16(15)21-17/h8,10-14H,1-7,9H2,(H-,19,20)/p+1. The Hall–Kier alpha value is -0.960. The van der Waals surface area contributed by atoms with Gasteiger partial charge < -0.3 is 5.73 Å². The van der Waals surface area contributed by atoms with Gasteiger partial charge in [0.15, 0.2) is 0 Å². The average molecular weight is 302 g/mol. The van der Waals surface area contributed by atoms with Gasteiger partial charge in [-0.2, -0.15) is 0 Å². The van der Waals surface area contributed by atoms with E-state index in [4.69, 9.17) is 5.73 Å². The predicted octanol–water partition coefficient (Wildman–Crippen LogP) is 4.37. The Bertz CT molecular complexity index is 570. The SMILES string of the molecule is NC(=O)c1ccc2c([s+]1)CCC1C2CCC2CCCCC21. The number of hydrogen-bond donors (Lipinski definition) is 1. The molecule has 4 unspecified atom stereocenters. The van der Waals surface area contributed by atoms with E-state index >= 15 is 0 Å². The molecule has 1 amide bonds. The Kier molecular flexibility index (Phi) is 3.49. The first-order valence-corrected chi connectivity index (χ1v) is 9.31. The third-order valence-corrected chi connectivity index (χ3v) is 7.44. The minimum Gasteiger partial charge on any atom is -0.361 e. The van der Waals surface area contributed by atoms with Gasteiger partial charge in [0.05, 0.1) is 0 Å². The zero-order valence-electron chi connectivity index (χ0n) is 12.5. The molecule has 0 aromatic carbocycles. The van der Waals surface area contributed by atoms with E-state index in [1.165, 1.54) is 49.8 Å². The van der Waals surface area contributed by atoms with Crippen molar-refractivity contribution in [1.82, 2.24) is 0 Å². The van der Waals surface area contributed by atoms with Gasteiger partial charge in [0.2, 0.25) is 16.2 Å². The highest BCUT2D eigenvalue weighted by Crippen LogP contribution is 2.54. The lowest BCUT2D eigenvalue weighted by Crippen LogP contribution is -2.38. The Balaban J connectivity index is 1.65. The third-order valence-electron chi connectivity index (χ3n) is 6.20. The van der Waals surface area contributed by atoms with E-state index in [1.807, 2.05) is 6.07 Å². The molecule has 21 heavy (non-hydrogen) atoms. The maximum atomic E-state index is 11.4. The molecule has 1 heterocycles. The molecule has 2 nitrogen and oxygen atoms in total. The summed E-state index contributed by atoms with van der Waals surface area (Å²) in [6.07, 6.45) is 11.1. The van der Waals surface area contributed by atoms with Crippen molar-refractivity contribution >= 4 is 17.2 Å². The van der Waals surface area contributed by atoms with E-state index in [2.05, 4.69) is 6.07 Å². The molecular formula is C18H24NOS+. The molecule has 0 spiro atoms. The zero-order chi connectivity index (χ0) is 14.4. The second-order valence-electron chi connectivity index (χ2n) is 7.14. The molecule has 3 aliphatic carbocycles. The Morgan fingerprint density at radius 2 is 1.90 bits per heavy atom. The van der Waals surface area contributed by atoms with Crippen molar-refractivity contribution < 1.29 is 4.79 Å². The Morgan fingerprint density at radius 1 is 1.05 bits per heavy atom. The summed E-state index contributed by atoms with van der Waals surface area (Å²) in [4.78, 5) is 13.5. The lowest BCUT2D eigenvalue weighted by molar-refractivity contribution is 0.0741. The maximum absolute atomic E-state index is 11.4. The van der Waals surface area contributed by atoms with Gasteiger partial charge in [0.1, 0.15) is 0 Å². The summed E-state index contributed by atoms with van der Waals surface area (Å²) in [5.74, 6) is 3.37. The number of carbonyl (C=O) groups excluding carboxylic acids is 1. The average Bonchev–Trinajstić information content (AvgIpc) is 2.53. The number of hydrogen-bond acceptors (Lipinski definition) is 1. The molecule has 4 atom stereocenters. The van der Waals surface area contributed by atoms with Gasteiger partial charge >= 0.3 is 5.91 Å². The highest BCUT2D eigenvalue weighted by atomic mass is 32.1. The largest absolute Gasteiger partial charge is 0.361 e. The van der Waals surface area contributed by atoms with Gasteiger partial charge in [-0.1, -0.05) is 19.3 Å². The number of carbonyl (C=O) groups is 1. The molecule has 112 valence electrons. The van der Waals surface area contributed by atoms with E-state index in [-0.39, 0.29) is 5.91 Å². The van der Waals surface area contributed by atoms with Crippen molar-refractivity contribution in [2.45, 2.75) is 57.3 Å². The van der Waals surface area contributed by atoms with Crippen molar-refractivity contribution in [2.75, 3.05) is 0 Å². The van der Waals surface area contributed by atoms with Crippen LogP contribution in [0.5, 0.6) is 0 Å². The minimum absolute atomic E-state index is 0.277. The summed E-state index contributed by atoms with van der Waals surface area (Å²) >= 11 is 1.64. The van der Waals surface area contributed by atoms with Crippen molar-refractivity contribution in [3.63, 3.8) is 0 Å². The van der Waals surface area contributed by atoms with Crippen molar-refractivity contribution in [3.05, 3.63) is 27.5 Å². The van der Waals surface area contributed by atoms with Crippen LogP contribution in [0.25, 0.3) is 0 Å². The highest BCUT2D eigenvalue weighted by Gasteiger charge is 2.45. The Labute approximate surface area is 130 Å². The van der Waals surface area contributed by atoms with Gasteiger partial charge in [-0.3, -0.25) is 4.79 Å². The highest BCUT2D eigenvalue weighted by molar-refractivity contribution is 7.13. The fourth-order valence-electron chi connectivity index (χ4n) is 5.31. The first-order valence-electron chi connectivity index (χ1n) is 8.50. The molecule has 3 aliphatic rings. The molecule has 0 bridgehead atoms. The summed E-state index contributed by atoms with van der Waals surface area (Å²) < 4.78 is 0. The molecule has 0 aliphatic heterocycles. The number of fused-ring (bicyclic) bond motifs is 5. The van der Waals surface area contributed by atoms with Crippen LogP contribution in [0.2, 0.25) is 0 Å². The molecule has 2 fully saturated rings. The van der Waals surface area contributed by atoms with Crippen LogP contribution in [-0.2, 0) is 6.42 Å². The zero-order valence-corrected chi connectivity index (χ0v) is 13.3. The summed E-state index contributed by atoms with van der Waals surface area (Å²) in [6.45, 7) is 0. The summed E-state index contributed by atoms with van der Waals surface area (Å²) in [5.41, 5.74) is 6.98. The first kappa shape index (κ1) is 13.7. The quantitative estimate of drug-likeness (QED) is 0.769. The predicted molar refractivity (Wildman–Crippen MR) is 86.5 cm³/mol. The number of amides is 1. The molecule has 0 saturated heterocycles.